The van der Waals surface area contributed by atoms with E-state index in [2.05, 4.69) is 25.8 Å². The molecule has 0 fully saturated rings. The van der Waals surface area contributed by atoms with Crippen molar-refractivity contribution < 1.29 is 17.7 Å². The van der Waals surface area contributed by atoms with E-state index < -0.39 is 10.0 Å². The largest absolute Gasteiger partial charge is 0.494 e. The molecule has 0 aliphatic rings. The first kappa shape index (κ1) is 15.8. The van der Waals surface area contributed by atoms with Gasteiger partial charge in [-0.05, 0) is 41.1 Å². The lowest BCUT2D eigenvalue weighted by Crippen LogP contribution is -2.14. The molecule has 0 unspecified atom stereocenters. The second-order valence-electron chi connectivity index (χ2n) is 4.85. The predicted octanol–water partition coefficient (Wildman–Crippen LogP) is 3.71. The number of halogens is 1. The number of aromatic nitrogens is 1. The van der Waals surface area contributed by atoms with Gasteiger partial charge in [0.25, 0.3) is 10.0 Å². The summed E-state index contributed by atoms with van der Waals surface area (Å²) in [6, 6.07) is 9.84. The van der Waals surface area contributed by atoms with Gasteiger partial charge in [-0.1, -0.05) is 17.3 Å². The summed E-state index contributed by atoms with van der Waals surface area (Å²) in [6.45, 7) is 1.78. The van der Waals surface area contributed by atoms with Crippen LogP contribution >= 0.6 is 15.9 Å². The molecule has 0 atom stereocenters. The third-order valence-corrected chi connectivity index (χ3v) is 5.72. The Bertz CT molecular complexity index is 982. The quantitative estimate of drug-likeness (QED) is 0.726. The number of nitrogens with one attached hydrogen (secondary N) is 1. The third-order valence-electron chi connectivity index (χ3n) is 3.34. The van der Waals surface area contributed by atoms with Crippen molar-refractivity contribution in [2.75, 3.05) is 11.8 Å². The number of ether oxygens (including phenoxy) is 1. The fourth-order valence-corrected chi connectivity index (χ4v) is 4.26. The van der Waals surface area contributed by atoms with Gasteiger partial charge in [0, 0.05) is 15.9 Å². The van der Waals surface area contributed by atoms with Gasteiger partial charge in [-0.3, -0.25) is 4.72 Å². The van der Waals surface area contributed by atoms with E-state index in [1.54, 1.807) is 37.3 Å². The molecule has 3 rings (SSSR count). The highest BCUT2D eigenvalue weighted by Crippen LogP contribution is 2.34. The van der Waals surface area contributed by atoms with Crippen LogP contribution in [-0.4, -0.2) is 20.7 Å². The van der Waals surface area contributed by atoms with Crippen molar-refractivity contribution in [1.82, 2.24) is 5.16 Å². The molecular weight excluding hydrogens is 384 g/mol. The minimum atomic E-state index is -3.77. The number of hydrogen-bond donors (Lipinski definition) is 1. The number of methoxy groups -OCH3 is 1. The van der Waals surface area contributed by atoms with Gasteiger partial charge < -0.3 is 9.26 Å². The molecule has 120 valence electrons. The maximum atomic E-state index is 12.6. The Hall–Kier alpha value is -2.06. The topological polar surface area (TPSA) is 81.4 Å². The molecule has 1 N–H and O–H groups in total. The van der Waals surface area contributed by atoms with Crippen LogP contribution in [0.4, 0.5) is 5.69 Å². The Kier molecular flexibility index (Phi) is 4.03. The summed E-state index contributed by atoms with van der Waals surface area (Å²) >= 11 is 3.25. The number of benzene rings is 2. The van der Waals surface area contributed by atoms with E-state index in [0.29, 0.717) is 27.2 Å². The van der Waals surface area contributed by atoms with Crippen LogP contribution in [0.15, 0.2) is 50.3 Å². The first-order chi connectivity index (χ1) is 10.9. The zero-order valence-corrected chi connectivity index (χ0v) is 14.7. The molecule has 0 saturated carbocycles. The molecule has 0 saturated heterocycles. The second-order valence-corrected chi connectivity index (χ2v) is 7.36. The summed E-state index contributed by atoms with van der Waals surface area (Å²) in [4.78, 5) is 0.143. The van der Waals surface area contributed by atoms with E-state index in [-0.39, 0.29) is 4.90 Å². The maximum Gasteiger partial charge on any atom is 0.263 e. The van der Waals surface area contributed by atoms with Gasteiger partial charge in [0.15, 0.2) is 5.58 Å². The molecule has 0 bridgehead atoms. The lowest BCUT2D eigenvalue weighted by atomic mass is 10.2. The highest BCUT2D eigenvalue weighted by atomic mass is 79.9. The Balaban J connectivity index is 2.10. The normalized spacial score (nSPS) is 11.6. The van der Waals surface area contributed by atoms with Crippen LogP contribution in [0, 0.1) is 6.92 Å². The Labute approximate surface area is 141 Å². The molecular formula is C15H13BrN2O4S. The SMILES string of the molecule is COc1cc2onc(C)c2cc1NS(=O)(=O)c1ccccc1Br. The summed E-state index contributed by atoms with van der Waals surface area (Å²) < 4.78 is 38.7. The highest BCUT2D eigenvalue weighted by Gasteiger charge is 2.20. The van der Waals surface area contributed by atoms with E-state index in [1.165, 1.54) is 13.2 Å². The summed E-state index contributed by atoms with van der Waals surface area (Å²) in [7, 11) is -2.31. The van der Waals surface area contributed by atoms with Gasteiger partial charge in [-0.25, -0.2) is 8.42 Å². The van der Waals surface area contributed by atoms with Crippen LogP contribution in [-0.2, 0) is 10.0 Å². The number of rotatable bonds is 4. The lowest BCUT2D eigenvalue weighted by Gasteiger charge is -2.12. The van der Waals surface area contributed by atoms with Crippen molar-refractivity contribution in [2.45, 2.75) is 11.8 Å². The van der Waals surface area contributed by atoms with Gasteiger partial charge in [0.1, 0.15) is 10.6 Å². The van der Waals surface area contributed by atoms with Crippen LogP contribution < -0.4 is 9.46 Å². The number of anilines is 1. The van der Waals surface area contributed by atoms with Crippen LogP contribution in [0.2, 0.25) is 0 Å². The Morgan fingerprint density at radius 2 is 2.00 bits per heavy atom. The van der Waals surface area contributed by atoms with Crippen molar-refractivity contribution in [2.24, 2.45) is 0 Å². The van der Waals surface area contributed by atoms with Crippen molar-refractivity contribution in [3.63, 3.8) is 0 Å². The van der Waals surface area contributed by atoms with Crippen molar-refractivity contribution in [3.05, 3.63) is 46.6 Å². The fraction of sp³-hybridized carbons (Fsp3) is 0.133. The average Bonchev–Trinajstić information content (AvgIpc) is 2.87. The standard InChI is InChI=1S/C15H13BrN2O4S/c1-9-10-7-12(14(21-2)8-13(10)22-17-9)18-23(19,20)15-6-4-3-5-11(15)16/h3-8,18H,1-2H3. The first-order valence-corrected chi connectivity index (χ1v) is 8.91. The van der Waals surface area contributed by atoms with Crippen LogP contribution in [0.1, 0.15) is 5.69 Å². The highest BCUT2D eigenvalue weighted by molar-refractivity contribution is 9.10. The van der Waals surface area contributed by atoms with Crippen molar-refractivity contribution in [3.8, 4) is 5.75 Å². The smallest absolute Gasteiger partial charge is 0.263 e. The number of fused-ring (bicyclic) bond motifs is 1. The molecule has 2 aromatic carbocycles. The molecule has 0 radical (unpaired) electrons. The summed E-state index contributed by atoms with van der Waals surface area (Å²) in [6.07, 6.45) is 0. The van der Waals surface area contributed by atoms with Gasteiger partial charge in [-0.15, -0.1) is 0 Å². The lowest BCUT2D eigenvalue weighted by molar-refractivity contribution is 0.413. The van der Waals surface area contributed by atoms with Crippen LogP contribution in [0.5, 0.6) is 5.75 Å². The van der Waals surface area contributed by atoms with E-state index >= 15 is 0 Å². The molecule has 1 aromatic heterocycles. The molecule has 0 spiro atoms. The average molecular weight is 397 g/mol. The zero-order chi connectivity index (χ0) is 16.6. The van der Waals surface area contributed by atoms with Gasteiger partial charge in [0.2, 0.25) is 0 Å². The van der Waals surface area contributed by atoms with Gasteiger partial charge in [-0.2, -0.15) is 0 Å². The van der Waals surface area contributed by atoms with E-state index in [1.807, 2.05) is 0 Å². The van der Waals surface area contributed by atoms with Gasteiger partial charge >= 0.3 is 0 Å². The summed E-state index contributed by atoms with van der Waals surface area (Å²) in [5, 5.41) is 4.58. The number of aryl methyl sites for hydroxylation is 1. The molecule has 23 heavy (non-hydrogen) atoms. The number of sulfonamides is 1. The minimum Gasteiger partial charge on any atom is -0.494 e. The fourth-order valence-electron chi connectivity index (χ4n) is 2.20. The molecule has 0 amide bonds. The van der Waals surface area contributed by atoms with Crippen molar-refractivity contribution in [1.29, 1.82) is 0 Å². The Morgan fingerprint density at radius 1 is 1.26 bits per heavy atom. The Morgan fingerprint density at radius 3 is 2.70 bits per heavy atom. The molecule has 1 heterocycles. The van der Waals surface area contributed by atoms with Gasteiger partial charge in [0.05, 0.1) is 18.5 Å². The number of hydrogen-bond acceptors (Lipinski definition) is 5. The molecule has 3 aromatic rings. The molecule has 6 nitrogen and oxygen atoms in total. The van der Waals surface area contributed by atoms with Crippen LogP contribution in [0.3, 0.4) is 0 Å². The van der Waals surface area contributed by atoms with Crippen LogP contribution in [0.25, 0.3) is 11.0 Å². The summed E-state index contributed by atoms with van der Waals surface area (Å²) in [5.74, 6) is 0.351. The van der Waals surface area contributed by atoms with Crippen molar-refractivity contribution >= 4 is 42.6 Å². The van der Waals surface area contributed by atoms with E-state index in [9.17, 15) is 8.42 Å². The maximum absolute atomic E-state index is 12.6. The monoisotopic (exact) mass is 396 g/mol. The molecule has 0 aliphatic heterocycles. The molecule has 8 heteroatoms. The third kappa shape index (κ3) is 2.91. The van der Waals surface area contributed by atoms with E-state index in [4.69, 9.17) is 9.26 Å². The summed E-state index contributed by atoms with van der Waals surface area (Å²) in [5.41, 5.74) is 1.52. The second kappa shape index (κ2) is 5.86. The predicted molar refractivity (Wildman–Crippen MR) is 90.2 cm³/mol. The number of nitrogens with zero attached hydrogens (tertiary/aromatic N) is 1. The first-order valence-electron chi connectivity index (χ1n) is 6.64. The zero-order valence-electron chi connectivity index (χ0n) is 12.3. The molecule has 0 aliphatic carbocycles. The van der Waals surface area contributed by atoms with E-state index in [0.717, 1.165) is 5.39 Å². The minimum absolute atomic E-state index is 0.143.